The van der Waals surface area contributed by atoms with Crippen molar-refractivity contribution < 1.29 is 23.2 Å². The van der Waals surface area contributed by atoms with Gasteiger partial charge in [-0.3, -0.25) is 14.9 Å². The smallest absolute Gasteiger partial charge is 0.336 e. The summed E-state index contributed by atoms with van der Waals surface area (Å²) >= 11 is 6.35. The number of urea groups is 1. The van der Waals surface area contributed by atoms with Crippen molar-refractivity contribution in [1.82, 2.24) is 5.32 Å². The molecule has 2 heterocycles. The predicted molar refractivity (Wildman–Crippen MR) is 89.5 cm³/mol. The molecule has 24 heavy (non-hydrogen) atoms. The topological polar surface area (TPSA) is 79.6 Å². The van der Waals surface area contributed by atoms with Gasteiger partial charge in [-0.25, -0.2) is 14.1 Å². The van der Waals surface area contributed by atoms with Gasteiger partial charge in [0.1, 0.15) is 17.2 Å². The Bertz CT molecular complexity index is 887. The Morgan fingerprint density at radius 3 is 2.50 bits per heavy atom. The van der Waals surface area contributed by atoms with Gasteiger partial charge in [0.25, 0.3) is 11.8 Å². The van der Waals surface area contributed by atoms with E-state index in [-0.39, 0.29) is 17.0 Å². The zero-order valence-corrected chi connectivity index (χ0v) is 14.9. The molecule has 1 saturated heterocycles. The van der Waals surface area contributed by atoms with Gasteiger partial charge in [-0.2, -0.15) is 0 Å². The number of carbonyl (C=O) groups is 3. The molecule has 0 atom stereocenters. The molecule has 0 aliphatic carbocycles. The van der Waals surface area contributed by atoms with Gasteiger partial charge in [-0.05, 0) is 56.1 Å². The fourth-order valence-corrected chi connectivity index (χ4v) is 2.69. The van der Waals surface area contributed by atoms with Crippen molar-refractivity contribution in [1.29, 1.82) is 0 Å². The van der Waals surface area contributed by atoms with E-state index >= 15 is 0 Å². The highest BCUT2D eigenvalue weighted by Gasteiger charge is 2.38. The fourth-order valence-electron chi connectivity index (χ4n) is 2.09. The quantitative estimate of drug-likeness (QED) is 0.551. The lowest BCUT2D eigenvalue weighted by molar-refractivity contribution is -0.122. The normalized spacial score (nSPS) is 16.7. The van der Waals surface area contributed by atoms with Crippen molar-refractivity contribution in [2.45, 2.75) is 0 Å². The number of amides is 4. The molecular formula is C15H7Br2FN2O4. The molecule has 1 aromatic carbocycles. The zero-order valence-electron chi connectivity index (χ0n) is 11.7. The van der Waals surface area contributed by atoms with Crippen molar-refractivity contribution in [2.24, 2.45) is 0 Å². The molecule has 1 aliphatic rings. The summed E-state index contributed by atoms with van der Waals surface area (Å²) in [4.78, 5) is 37.0. The number of para-hydroxylation sites is 1. The molecule has 6 nitrogen and oxygen atoms in total. The van der Waals surface area contributed by atoms with Gasteiger partial charge >= 0.3 is 6.03 Å². The summed E-state index contributed by atoms with van der Waals surface area (Å²) in [5.41, 5.74) is -0.605. The Kier molecular flexibility index (Phi) is 4.37. The fraction of sp³-hybridized carbons (Fsp3) is 0. The molecule has 0 bridgehead atoms. The molecule has 0 saturated carbocycles. The third-order valence-corrected chi connectivity index (χ3v) is 4.86. The highest BCUT2D eigenvalue weighted by molar-refractivity contribution is 9.13. The minimum absolute atomic E-state index is 0.204. The van der Waals surface area contributed by atoms with Crippen molar-refractivity contribution >= 4 is 61.5 Å². The molecule has 122 valence electrons. The van der Waals surface area contributed by atoms with E-state index in [1.165, 1.54) is 30.3 Å². The molecule has 1 aliphatic heterocycles. The number of barbiturate groups is 1. The minimum Gasteiger partial charge on any atom is -0.449 e. The van der Waals surface area contributed by atoms with E-state index in [2.05, 4.69) is 31.9 Å². The number of furan rings is 1. The van der Waals surface area contributed by atoms with Crippen LogP contribution in [0.4, 0.5) is 14.9 Å². The summed E-state index contributed by atoms with van der Waals surface area (Å²) in [5, 5.41) is 2.00. The molecule has 1 fully saturated rings. The second-order valence-electron chi connectivity index (χ2n) is 4.68. The molecular weight excluding hydrogens is 451 g/mol. The summed E-state index contributed by atoms with van der Waals surface area (Å²) in [7, 11) is 0. The second kappa shape index (κ2) is 6.33. The van der Waals surface area contributed by atoms with Gasteiger partial charge < -0.3 is 4.42 Å². The van der Waals surface area contributed by atoms with Gasteiger partial charge in [-0.1, -0.05) is 12.1 Å². The molecule has 0 radical (unpaired) electrons. The Morgan fingerprint density at radius 2 is 1.88 bits per heavy atom. The van der Waals surface area contributed by atoms with E-state index in [4.69, 9.17) is 4.42 Å². The largest absolute Gasteiger partial charge is 0.449 e. The van der Waals surface area contributed by atoms with Gasteiger partial charge in [0.05, 0.1) is 10.2 Å². The Morgan fingerprint density at radius 1 is 1.17 bits per heavy atom. The lowest BCUT2D eigenvalue weighted by Crippen LogP contribution is -2.54. The summed E-state index contributed by atoms with van der Waals surface area (Å²) in [6.45, 7) is 0. The van der Waals surface area contributed by atoms with Crippen LogP contribution in [0.25, 0.3) is 6.08 Å². The first kappa shape index (κ1) is 16.6. The van der Waals surface area contributed by atoms with E-state index < -0.39 is 23.7 Å². The maximum Gasteiger partial charge on any atom is 0.336 e. The number of nitrogens with one attached hydrogen (secondary N) is 1. The molecule has 1 N–H and O–H groups in total. The van der Waals surface area contributed by atoms with E-state index in [0.29, 0.717) is 14.0 Å². The van der Waals surface area contributed by atoms with Gasteiger partial charge in [0.2, 0.25) is 0 Å². The third-order valence-electron chi connectivity index (χ3n) is 3.15. The number of anilines is 1. The van der Waals surface area contributed by atoms with E-state index in [9.17, 15) is 18.8 Å². The van der Waals surface area contributed by atoms with Crippen molar-refractivity contribution in [2.75, 3.05) is 4.90 Å². The third kappa shape index (κ3) is 2.92. The van der Waals surface area contributed by atoms with Crippen molar-refractivity contribution in [3.05, 3.63) is 56.6 Å². The Balaban J connectivity index is 2.05. The molecule has 9 heteroatoms. The van der Waals surface area contributed by atoms with Crippen molar-refractivity contribution in [3.8, 4) is 0 Å². The first-order chi connectivity index (χ1) is 11.4. The van der Waals surface area contributed by atoms with Crippen LogP contribution >= 0.6 is 31.9 Å². The summed E-state index contributed by atoms with van der Waals surface area (Å²) < 4.78 is 20.2. The van der Waals surface area contributed by atoms with Crippen LogP contribution in [0.1, 0.15) is 5.76 Å². The molecule has 2 aromatic rings. The summed E-state index contributed by atoms with van der Waals surface area (Å²) in [6.07, 6.45) is 1.17. The number of imide groups is 2. The van der Waals surface area contributed by atoms with Gasteiger partial charge in [0.15, 0.2) is 4.67 Å². The van der Waals surface area contributed by atoms with Crippen LogP contribution in [0, 0.1) is 5.82 Å². The van der Waals surface area contributed by atoms with Crippen LogP contribution in [0.15, 0.2) is 49.5 Å². The minimum atomic E-state index is -1.02. The lowest BCUT2D eigenvalue weighted by atomic mass is 10.1. The first-order valence-electron chi connectivity index (χ1n) is 6.49. The Hall–Kier alpha value is -2.26. The molecule has 0 unspecified atom stereocenters. The Labute approximate surface area is 151 Å². The zero-order chi connectivity index (χ0) is 17.4. The monoisotopic (exact) mass is 456 g/mol. The van der Waals surface area contributed by atoms with Crippen LogP contribution in [0.5, 0.6) is 0 Å². The molecule has 4 amide bonds. The summed E-state index contributed by atoms with van der Waals surface area (Å²) in [5.74, 6) is -2.40. The molecule has 3 rings (SSSR count). The maximum absolute atomic E-state index is 13.9. The average Bonchev–Trinajstić information content (AvgIpc) is 2.83. The average molecular weight is 458 g/mol. The maximum atomic E-state index is 13.9. The van der Waals surface area contributed by atoms with E-state index in [1.807, 2.05) is 5.32 Å². The van der Waals surface area contributed by atoms with E-state index in [0.717, 1.165) is 6.07 Å². The van der Waals surface area contributed by atoms with Crippen LogP contribution in [0.2, 0.25) is 0 Å². The van der Waals surface area contributed by atoms with Gasteiger partial charge in [-0.15, -0.1) is 0 Å². The van der Waals surface area contributed by atoms with Gasteiger partial charge in [0, 0.05) is 0 Å². The predicted octanol–water partition coefficient (Wildman–Crippen LogP) is 3.61. The van der Waals surface area contributed by atoms with E-state index in [1.54, 1.807) is 0 Å². The standard InChI is InChI=1S/C15H7Br2FN2O4/c16-9-6-7(24-12(9)17)5-8-13(21)19-15(23)20(14(8)22)11-4-2-1-3-10(11)18/h1-6H,(H,19,21,23)/b8-5+. The van der Waals surface area contributed by atoms with Crippen LogP contribution in [-0.4, -0.2) is 17.8 Å². The number of nitrogens with zero attached hydrogens (tertiary/aromatic N) is 1. The van der Waals surface area contributed by atoms with Crippen LogP contribution in [-0.2, 0) is 9.59 Å². The highest BCUT2D eigenvalue weighted by Crippen LogP contribution is 2.29. The second-order valence-corrected chi connectivity index (χ2v) is 6.25. The number of rotatable bonds is 2. The number of carbonyl (C=O) groups excluding carboxylic acids is 3. The highest BCUT2D eigenvalue weighted by atomic mass is 79.9. The number of hydrogen-bond acceptors (Lipinski definition) is 4. The van der Waals surface area contributed by atoms with Crippen LogP contribution < -0.4 is 10.2 Å². The number of benzene rings is 1. The molecule has 0 spiro atoms. The summed E-state index contributed by atoms with van der Waals surface area (Å²) in [6, 6.07) is 5.78. The molecule has 1 aromatic heterocycles. The van der Waals surface area contributed by atoms with Crippen LogP contribution in [0.3, 0.4) is 0 Å². The van der Waals surface area contributed by atoms with Crippen molar-refractivity contribution in [3.63, 3.8) is 0 Å². The number of hydrogen-bond donors (Lipinski definition) is 1. The first-order valence-corrected chi connectivity index (χ1v) is 8.08. The SMILES string of the molecule is O=C1NC(=O)N(c2ccccc2F)C(=O)/C1=C/c1cc(Br)c(Br)o1. The lowest BCUT2D eigenvalue weighted by Gasteiger charge is -2.26. The number of halogens is 3.